The number of hydrogen-bond acceptors (Lipinski definition) is 7. The summed E-state index contributed by atoms with van der Waals surface area (Å²) in [6, 6.07) is 14.7. The van der Waals surface area contributed by atoms with Crippen LogP contribution in [0.3, 0.4) is 0 Å². The minimum Gasteiger partial charge on any atom is -0.334 e. The van der Waals surface area contributed by atoms with Gasteiger partial charge in [-0.3, -0.25) is 15.1 Å². The van der Waals surface area contributed by atoms with Crippen molar-refractivity contribution in [2.45, 2.75) is 16.8 Å². The fraction of sp³-hybridized carbons (Fsp3) is 0.0500. The van der Waals surface area contributed by atoms with Gasteiger partial charge in [-0.15, -0.1) is 0 Å². The number of nitrogens with one attached hydrogen (secondary N) is 1. The minimum absolute atomic E-state index is 0.117. The summed E-state index contributed by atoms with van der Waals surface area (Å²) >= 11 is 7.18. The van der Waals surface area contributed by atoms with E-state index in [0.717, 1.165) is 21.4 Å². The average Bonchev–Trinajstić information content (AvgIpc) is 2.70. The van der Waals surface area contributed by atoms with Crippen molar-refractivity contribution < 1.29 is 4.92 Å². The van der Waals surface area contributed by atoms with Crippen LogP contribution in [0, 0.1) is 17.0 Å². The van der Waals surface area contributed by atoms with Crippen LogP contribution in [0.5, 0.6) is 0 Å². The standard InChI is InChI=1S/C20H14ClN5O2S/c1-12-10-14(21)7-8-15(12)25-19-18(26(27)28)20(24-11-23-19)29-16-6-2-4-13-5-3-9-22-17(13)16/h2-11H,1H3,(H,23,24,25). The number of anilines is 2. The van der Waals surface area contributed by atoms with Gasteiger partial charge in [-0.2, -0.15) is 0 Å². The van der Waals surface area contributed by atoms with Gasteiger partial charge in [0.25, 0.3) is 0 Å². The lowest BCUT2D eigenvalue weighted by Gasteiger charge is -2.11. The predicted molar refractivity (Wildman–Crippen MR) is 114 cm³/mol. The Labute approximate surface area is 175 Å². The van der Waals surface area contributed by atoms with Crippen LogP contribution >= 0.6 is 23.4 Å². The summed E-state index contributed by atoms with van der Waals surface area (Å²) in [7, 11) is 0. The number of para-hydroxylation sites is 1. The van der Waals surface area contributed by atoms with Crippen LogP contribution in [-0.2, 0) is 0 Å². The van der Waals surface area contributed by atoms with Gasteiger partial charge in [-0.1, -0.05) is 41.6 Å². The number of aryl methyl sites for hydroxylation is 1. The monoisotopic (exact) mass is 423 g/mol. The first-order chi connectivity index (χ1) is 14.0. The quantitative estimate of drug-likeness (QED) is 0.246. The summed E-state index contributed by atoms with van der Waals surface area (Å²) in [5, 5.41) is 16.7. The van der Waals surface area contributed by atoms with E-state index in [-0.39, 0.29) is 16.5 Å². The number of benzene rings is 2. The van der Waals surface area contributed by atoms with Crippen molar-refractivity contribution in [3.05, 3.63) is 81.8 Å². The second-order valence-electron chi connectivity index (χ2n) is 6.15. The van der Waals surface area contributed by atoms with Gasteiger partial charge in [0.1, 0.15) is 6.33 Å². The molecule has 144 valence electrons. The zero-order valence-electron chi connectivity index (χ0n) is 15.2. The van der Waals surface area contributed by atoms with E-state index in [1.807, 2.05) is 37.3 Å². The third-order valence-electron chi connectivity index (χ3n) is 4.22. The van der Waals surface area contributed by atoms with Crippen molar-refractivity contribution in [2.24, 2.45) is 0 Å². The van der Waals surface area contributed by atoms with Gasteiger partial charge in [-0.25, -0.2) is 9.97 Å². The molecular formula is C20H14ClN5O2S. The smallest absolute Gasteiger partial charge is 0.334 e. The van der Waals surface area contributed by atoms with E-state index in [2.05, 4.69) is 20.3 Å². The molecule has 0 aliphatic heterocycles. The van der Waals surface area contributed by atoms with E-state index in [1.165, 1.54) is 18.1 Å². The third-order valence-corrected chi connectivity index (χ3v) is 5.49. The summed E-state index contributed by atoms with van der Waals surface area (Å²) < 4.78 is 0. The summed E-state index contributed by atoms with van der Waals surface area (Å²) in [6.07, 6.45) is 3.00. The van der Waals surface area contributed by atoms with Crippen LogP contribution in [0.2, 0.25) is 5.02 Å². The first kappa shape index (κ1) is 19.1. The molecule has 0 amide bonds. The Kier molecular flexibility index (Phi) is 5.28. The molecule has 29 heavy (non-hydrogen) atoms. The molecule has 9 heteroatoms. The second kappa shape index (κ2) is 8.02. The zero-order chi connectivity index (χ0) is 20.4. The Morgan fingerprint density at radius 2 is 1.93 bits per heavy atom. The topological polar surface area (TPSA) is 93.8 Å². The molecule has 2 aromatic heterocycles. The SMILES string of the molecule is Cc1cc(Cl)ccc1Nc1ncnc(Sc2cccc3cccnc23)c1[N+](=O)[O-]. The van der Waals surface area contributed by atoms with Crippen molar-refractivity contribution in [1.82, 2.24) is 15.0 Å². The van der Waals surface area contributed by atoms with E-state index in [0.29, 0.717) is 10.7 Å². The van der Waals surface area contributed by atoms with Crippen LogP contribution in [0.25, 0.3) is 10.9 Å². The lowest BCUT2D eigenvalue weighted by atomic mass is 10.2. The summed E-state index contributed by atoms with van der Waals surface area (Å²) in [4.78, 5) is 24.8. The third kappa shape index (κ3) is 3.98. The fourth-order valence-electron chi connectivity index (χ4n) is 2.85. The van der Waals surface area contributed by atoms with Gasteiger partial charge >= 0.3 is 5.69 Å². The lowest BCUT2D eigenvalue weighted by molar-refractivity contribution is -0.387. The van der Waals surface area contributed by atoms with Crippen molar-refractivity contribution in [3.63, 3.8) is 0 Å². The molecule has 2 aromatic carbocycles. The molecule has 0 fully saturated rings. The van der Waals surface area contributed by atoms with Crippen LogP contribution < -0.4 is 5.32 Å². The van der Waals surface area contributed by atoms with E-state index in [1.54, 1.807) is 24.4 Å². The summed E-state index contributed by atoms with van der Waals surface area (Å²) in [5.41, 5.74) is 2.09. The van der Waals surface area contributed by atoms with Gasteiger partial charge in [0.15, 0.2) is 5.03 Å². The van der Waals surface area contributed by atoms with Crippen LogP contribution in [-0.4, -0.2) is 19.9 Å². The normalized spacial score (nSPS) is 10.8. The van der Waals surface area contributed by atoms with E-state index in [9.17, 15) is 10.1 Å². The lowest BCUT2D eigenvalue weighted by Crippen LogP contribution is -2.03. The fourth-order valence-corrected chi connectivity index (χ4v) is 4.07. The van der Waals surface area contributed by atoms with Gasteiger partial charge in [0, 0.05) is 27.2 Å². The highest BCUT2D eigenvalue weighted by Crippen LogP contribution is 2.39. The molecule has 0 radical (unpaired) electrons. The van der Waals surface area contributed by atoms with Gasteiger partial charge in [-0.05, 0) is 42.8 Å². The molecular weight excluding hydrogens is 410 g/mol. The van der Waals surface area contributed by atoms with Crippen LogP contribution in [0.1, 0.15) is 5.56 Å². The highest BCUT2D eigenvalue weighted by atomic mass is 35.5. The van der Waals surface area contributed by atoms with Crippen LogP contribution in [0.4, 0.5) is 17.2 Å². The highest BCUT2D eigenvalue weighted by molar-refractivity contribution is 7.99. The molecule has 0 saturated carbocycles. The van der Waals surface area contributed by atoms with Crippen LogP contribution in [0.15, 0.2) is 71.0 Å². The molecule has 0 unspecified atom stereocenters. The Bertz CT molecular complexity index is 1230. The van der Waals surface area contributed by atoms with E-state index < -0.39 is 4.92 Å². The van der Waals surface area contributed by atoms with Crippen molar-refractivity contribution >= 4 is 51.5 Å². The number of hydrogen-bond donors (Lipinski definition) is 1. The molecule has 0 atom stereocenters. The molecule has 7 nitrogen and oxygen atoms in total. The Morgan fingerprint density at radius 1 is 1.10 bits per heavy atom. The first-order valence-electron chi connectivity index (χ1n) is 8.57. The first-order valence-corrected chi connectivity index (χ1v) is 9.76. The van der Waals surface area contributed by atoms with Crippen molar-refractivity contribution in [3.8, 4) is 0 Å². The molecule has 2 heterocycles. The molecule has 0 bridgehead atoms. The minimum atomic E-state index is -0.478. The predicted octanol–water partition coefficient (Wildman–Crippen LogP) is 5.79. The van der Waals surface area contributed by atoms with Crippen molar-refractivity contribution in [1.29, 1.82) is 0 Å². The largest absolute Gasteiger partial charge is 0.343 e. The number of fused-ring (bicyclic) bond motifs is 1. The summed E-state index contributed by atoms with van der Waals surface area (Å²) in [5.74, 6) is 0.117. The maximum Gasteiger partial charge on any atom is 0.343 e. The molecule has 4 aromatic rings. The number of nitro groups is 1. The zero-order valence-corrected chi connectivity index (χ0v) is 16.7. The molecule has 0 aliphatic rings. The van der Waals surface area contributed by atoms with E-state index >= 15 is 0 Å². The van der Waals surface area contributed by atoms with Gasteiger partial charge in [0.05, 0.1) is 10.4 Å². The molecule has 0 aliphatic carbocycles. The highest BCUT2D eigenvalue weighted by Gasteiger charge is 2.25. The van der Waals surface area contributed by atoms with Gasteiger partial charge in [0.2, 0.25) is 5.82 Å². The number of nitrogens with zero attached hydrogens (tertiary/aromatic N) is 4. The molecule has 0 spiro atoms. The van der Waals surface area contributed by atoms with Gasteiger partial charge < -0.3 is 5.32 Å². The molecule has 1 N–H and O–H groups in total. The Balaban J connectivity index is 1.76. The maximum atomic E-state index is 11.9. The summed E-state index contributed by atoms with van der Waals surface area (Å²) in [6.45, 7) is 1.86. The molecule has 4 rings (SSSR count). The number of halogens is 1. The Hall–Kier alpha value is -3.23. The molecule has 0 saturated heterocycles. The number of aromatic nitrogens is 3. The average molecular weight is 424 g/mol. The number of pyridine rings is 1. The van der Waals surface area contributed by atoms with E-state index in [4.69, 9.17) is 11.6 Å². The maximum absolute atomic E-state index is 11.9. The van der Waals surface area contributed by atoms with Crippen molar-refractivity contribution in [2.75, 3.05) is 5.32 Å². The Morgan fingerprint density at radius 3 is 2.72 bits per heavy atom. The second-order valence-corrected chi connectivity index (χ2v) is 7.62. The number of rotatable bonds is 5.